The molecule has 4 rings (SSSR count). The predicted octanol–water partition coefficient (Wildman–Crippen LogP) is 2.60. The summed E-state index contributed by atoms with van der Waals surface area (Å²) in [5.41, 5.74) is 0. The average Bonchev–Trinajstić information content (AvgIpc) is 2.54. The smallest absolute Gasteiger partial charge is 0.162 e. The molecule has 2 aliphatic rings. The number of rotatable bonds is 2. The Morgan fingerprint density at radius 2 is 1.76 bits per heavy atom. The molecule has 2 aromatic rings. The zero-order valence-corrected chi connectivity index (χ0v) is 11.8. The van der Waals surface area contributed by atoms with Gasteiger partial charge in [-0.05, 0) is 36.4 Å². The lowest BCUT2D eigenvalue weighted by molar-refractivity contribution is 0.0904. The molecule has 0 bridgehead atoms. The van der Waals surface area contributed by atoms with Crippen molar-refractivity contribution in [1.29, 1.82) is 0 Å². The van der Waals surface area contributed by atoms with Crippen molar-refractivity contribution in [1.82, 2.24) is 4.98 Å². The topological polar surface area (TPSA) is 52.6 Å². The second-order valence-corrected chi connectivity index (χ2v) is 5.41. The van der Waals surface area contributed by atoms with E-state index >= 15 is 0 Å². The van der Waals surface area contributed by atoms with Crippen molar-refractivity contribution in [2.24, 2.45) is 0 Å². The van der Waals surface area contributed by atoms with Crippen molar-refractivity contribution in [3.8, 4) is 11.5 Å². The molecule has 0 spiro atoms. The molecule has 5 nitrogen and oxygen atoms in total. The van der Waals surface area contributed by atoms with E-state index in [0.29, 0.717) is 19.3 Å². The molecule has 2 aliphatic heterocycles. The minimum absolute atomic E-state index is 0.421. The highest BCUT2D eigenvalue weighted by Crippen LogP contribution is 2.36. The van der Waals surface area contributed by atoms with Crippen molar-refractivity contribution in [2.75, 3.05) is 31.7 Å². The Bertz CT molecular complexity index is 653. The van der Waals surface area contributed by atoms with Crippen LogP contribution in [0.2, 0.25) is 0 Å². The zero-order chi connectivity index (χ0) is 14.1. The molecule has 1 fully saturated rings. The van der Waals surface area contributed by atoms with Gasteiger partial charge in [0, 0.05) is 30.8 Å². The number of benzene rings is 1. The fourth-order valence-corrected chi connectivity index (χ4v) is 2.86. The van der Waals surface area contributed by atoms with E-state index in [0.717, 1.165) is 54.1 Å². The molecule has 0 unspecified atom stereocenters. The Hall–Kier alpha value is -2.01. The highest BCUT2D eigenvalue weighted by Gasteiger charge is 2.17. The van der Waals surface area contributed by atoms with Crippen LogP contribution in [0.1, 0.15) is 12.8 Å². The summed E-state index contributed by atoms with van der Waals surface area (Å²) in [6, 6.07) is 6.48. The van der Waals surface area contributed by atoms with Crippen molar-refractivity contribution < 1.29 is 14.2 Å². The van der Waals surface area contributed by atoms with Gasteiger partial charge in [-0.3, -0.25) is 0 Å². The molecule has 0 atom stereocenters. The first-order valence-corrected chi connectivity index (χ1v) is 7.43. The number of anilines is 1. The molecule has 21 heavy (non-hydrogen) atoms. The van der Waals surface area contributed by atoms with Crippen molar-refractivity contribution in [3.05, 3.63) is 24.4 Å². The number of ether oxygens (including phenoxy) is 3. The lowest BCUT2D eigenvalue weighted by Crippen LogP contribution is -2.28. The second-order valence-electron chi connectivity index (χ2n) is 5.41. The van der Waals surface area contributed by atoms with Crippen molar-refractivity contribution >= 4 is 16.6 Å². The Labute approximate surface area is 123 Å². The minimum Gasteiger partial charge on any atom is -0.486 e. The predicted molar refractivity (Wildman–Crippen MR) is 80.2 cm³/mol. The summed E-state index contributed by atoms with van der Waals surface area (Å²) in [4.78, 5) is 4.50. The van der Waals surface area contributed by atoms with Crippen LogP contribution in [-0.4, -0.2) is 37.5 Å². The van der Waals surface area contributed by atoms with Crippen LogP contribution in [0.4, 0.5) is 5.82 Å². The summed E-state index contributed by atoms with van der Waals surface area (Å²) in [7, 11) is 0. The van der Waals surface area contributed by atoms with Gasteiger partial charge in [-0.1, -0.05) is 0 Å². The molecule has 1 N–H and O–H groups in total. The van der Waals surface area contributed by atoms with E-state index in [1.165, 1.54) is 0 Å². The molecule has 3 heterocycles. The third-order valence-corrected chi connectivity index (χ3v) is 3.99. The van der Waals surface area contributed by atoms with Gasteiger partial charge >= 0.3 is 0 Å². The normalized spacial score (nSPS) is 18.7. The highest BCUT2D eigenvalue weighted by molar-refractivity contribution is 5.94. The van der Waals surface area contributed by atoms with Crippen LogP contribution in [0.3, 0.4) is 0 Å². The summed E-state index contributed by atoms with van der Waals surface area (Å²) >= 11 is 0. The van der Waals surface area contributed by atoms with Gasteiger partial charge < -0.3 is 19.5 Å². The van der Waals surface area contributed by atoms with Gasteiger partial charge in [-0.2, -0.15) is 0 Å². The maximum atomic E-state index is 5.68. The van der Waals surface area contributed by atoms with Crippen LogP contribution in [0.15, 0.2) is 24.4 Å². The Morgan fingerprint density at radius 3 is 2.57 bits per heavy atom. The molecule has 110 valence electrons. The molecule has 0 radical (unpaired) electrons. The summed E-state index contributed by atoms with van der Waals surface area (Å²) in [5.74, 6) is 2.53. The maximum Gasteiger partial charge on any atom is 0.162 e. The Kier molecular flexibility index (Phi) is 3.27. The first kappa shape index (κ1) is 12.7. The fraction of sp³-hybridized carbons (Fsp3) is 0.438. The van der Waals surface area contributed by atoms with Crippen LogP contribution in [-0.2, 0) is 4.74 Å². The number of fused-ring (bicyclic) bond motifs is 2. The largest absolute Gasteiger partial charge is 0.486 e. The molecule has 0 saturated carbocycles. The molecule has 0 aliphatic carbocycles. The molecule has 1 saturated heterocycles. The van der Waals surface area contributed by atoms with Crippen LogP contribution in [0, 0.1) is 0 Å². The number of nitrogens with one attached hydrogen (secondary N) is 1. The van der Waals surface area contributed by atoms with E-state index < -0.39 is 0 Å². The number of pyridine rings is 1. The second kappa shape index (κ2) is 5.41. The first-order chi connectivity index (χ1) is 10.4. The van der Waals surface area contributed by atoms with Crippen molar-refractivity contribution in [3.63, 3.8) is 0 Å². The summed E-state index contributed by atoms with van der Waals surface area (Å²) in [5, 5.41) is 5.73. The maximum absolute atomic E-state index is 5.68. The molecular formula is C16H18N2O3. The molecular weight excluding hydrogens is 268 g/mol. The number of hydrogen-bond donors (Lipinski definition) is 1. The molecule has 1 aromatic heterocycles. The van der Waals surface area contributed by atoms with Crippen LogP contribution < -0.4 is 14.8 Å². The zero-order valence-electron chi connectivity index (χ0n) is 11.8. The Balaban J connectivity index is 1.71. The van der Waals surface area contributed by atoms with Crippen LogP contribution in [0.5, 0.6) is 11.5 Å². The number of nitrogens with zero attached hydrogens (tertiary/aromatic N) is 1. The first-order valence-electron chi connectivity index (χ1n) is 7.43. The summed E-state index contributed by atoms with van der Waals surface area (Å²) in [6.45, 7) is 2.84. The number of hydrogen-bond acceptors (Lipinski definition) is 5. The van der Waals surface area contributed by atoms with Crippen molar-refractivity contribution in [2.45, 2.75) is 18.9 Å². The lowest BCUT2D eigenvalue weighted by Gasteiger charge is -2.25. The van der Waals surface area contributed by atoms with Gasteiger partial charge in [0.05, 0.1) is 0 Å². The van der Waals surface area contributed by atoms with Gasteiger partial charge in [0.15, 0.2) is 11.5 Å². The van der Waals surface area contributed by atoms with Gasteiger partial charge in [-0.15, -0.1) is 0 Å². The van der Waals surface area contributed by atoms with Gasteiger partial charge in [0.25, 0.3) is 0 Å². The third-order valence-electron chi connectivity index (χ3n) is 3.99. The monoisotopic (exact) mass is 286 g/mol. The quantitative estimate of drug-likeness (QED) is 0.919. The average molecular weight is 286 g/mol. The van der Waals surface area contributed by atoms with Crippen LogP contribution in [0.25, 0.3) is 10.8 Å². The van der Waals surface area contributed by atoms with Gasteiger partial charge in [-0.25, -0.2) is 4.98 Å². The fourth-order valence-electron chi connectivity index (χ4n) is 2.86. The molecule has 1 aromatic carbocycles. The van der Waals surface area contributed by atoms with Gasteiger partial charge in [0.2, 0.25) is 0 Å². The highest BCUT2D eigenvalue weighted by atomic mass is 16.6. The summed E-state index contributed by atoms with van der Waals surface area (Å²) < 4.78 is 16.7. The van der Waals surface area contributed by atoms with E-state index in [4.69, 9.17) is 14.2 Å². The van der Waals surface area contributed by atoms with Gasteiger partial charge in [0.1, 0.15) is 19.0 Å². The third kappa shape index (κ3) is 2.49. The van der Waals surface area contributed by atoms with E-state index in [9.17, 15) is 0 Å². The number of aromatic nitrogens is 1. The van der Waals surface area contributed by atoms with E-state index in [-0.39, 0.29) is 0 Å². The minimum atomic E-state index is 0.421. The standard InChI is InChI=1S/C16H18N2O3/c1-4-17-16(18-12-2-5-19-6-3-12)13-10-15-14(9-11(1)13)20-7-8-21-15/h1,4,9-10,12H,2-3,5-8H2,(H,17,18). The summed E-state index contributed by atoms with van der Waals surface area (Å²) in [6.07, 6.45) is 3.87. The SMILES string of the molecule is c1cc2cc3c(cc2c(NC2CCOCC2)n1)OCCO3. The van der Waals surface area contributed by atoms with E-state index in [1.807, 2.05) is 24.4 Å². The lowest BCUT2D eigenvalue weighted by atomic mass is 10.1. The Morgan fingerprint density at radius 1 is 1.00 bits per heavy atom. The molecule has 5 heteroatoms. The molecule has 0 amide bonds. The van der Waals surface area contributed by atoms with E-state index in [1.54, 1.807) is 0 Å². The van der Waals surface area contributed by atoms with Crippen LogP contribution >= 0.6 is 0 Å². The van der Waals surface area contributed by atoms with E-state index in [2.05, 4.69) is 10.3 Å².